The van der Waals surface area contributed by atoms with Crippen molar-refractivity contribution in [3.05, 3.63) is 30.1 Å². The number of hydrogen-bond acceptors (Lipinski definition) is 4. The predicted molar refractivity (Wildman–Crippen MR) is 96.4 cm³/mol. The van der Waals surface area contributed by atoms with Crippen molar-refractivity contribution in [1.82, 2.24) is 14.8 Å². The molecule has 3 heterocycles. The van der Waals surface area contributed by atoms with E-state index in [1.165, 1.54) is 0 Å². The largest absolute Gasteiger partial charge is 0.480 e. The van der Waals surface area contributed by atoms with E-state index in [0.29, 0.717) is 19.5 Å². The zero-order valence-electron chi connectivity index (χ0n) is 15.3. The molecule has 27 heavy (non-hydrogen) atoms. The lowest BCUT2D eigenvalue weighted by atomic mass is 9.84. The number of carboxylic acids is 1. The molecule has 4 unspecified atom stereocenters. The molecule has 0 aromatic carbocycles. The highest BCUT2D eigenvalue weighted by Gasteiger charge is 2.50. The molecule has 144 valence electrons. The molecule has 2 amide bonds. The van der Waals surface area contributed by atoms with Gasteiger partial charge in [0, 0.05) is 25.2 Å². The van der Waals surface area contributed by atoms with Crippen LogP contribution in [-0.4, -0.2) is 56.3 Å². The van der Waals surface area contributed by atoms with E-state index in [1.54, 1.807) is 16.0 Å². The van der Waals surface area contributed by atoms with Crippen LogP contribution < -0.4 is 0 Å². The Kier molecular flexibility index (Phi) is 4.85. The fraction of sp³-hybridized carbons (Fsp3) is 0.600. The molecular formula is C20H25N3O4. The van der Waals surface area contributed by atoms with E-state index in [4.69, 9.17) is 0 Å². The first-order valence-corrected chi connectivity index (χ1v) is 9.77. The number of carbonyl (C=O) groups excluding carboxylic acids is 2. The maximum absolute atomic E-state index is 13.2. The average molecular weight is 371 g/mol. The van der Waals surface area contributed by atoms with Crippen molar-refractivity contribution in [3.8, 4) is 0 Å². The first-order valence-electron chi connectivity index (χ1n) is 9.77. The Morgan fingerprint density at radius 3 is 2.78 bits per heavy atom. The van der Waals surface area contributed by atoms with E-state index in [0.717, 1.165) is 31.4 Å². The Balaban J connectivity index is 1.48. The minimum atomic E-state index is -0.924. The Labute approximate surface area is 158 Å². The van der Waals surface area contributed by atoms with Crippen LogP contribution in [0.5, 0.6) is 0 Å². The minimum absolute atomic E-state index is 0.0206. The molecule has 4 atom stereocenters. The molecule has 7 nitrogen and oxygen atoms in total. The van der Waals surface area contributed by atoms with Gasteiger partial charge in [0.1, 0.15) is 6.04 Å². The molecule has 2 saturated heterocycles. The van der Waals surface area contributed by atoms with Gasteiger partial charge in [0.05, 0.1) is 18.2 Å². The van der Waals surface area contributed by atoms with Crippen LogP contribution in [0.3, 0.4) is 0 Å². The Hall–Kier alpha value is -2.44. The summed E-state index contributed by atoms with van der Waals surface area (Å²) in [7, 11) is 0. The molecule has 1 aliphatic carbocycles. The molecule has 0 radical (unpaired) electrons. The Bertz CT molecular complexity index is 738. The first-order chi connectivity index (χ1) is 13.0. The number of fused-ring (bicyclic) bond motifs is 1. The van der Waals surface area contributed by atoms with Crippen LogP contribution in [0, 0.1) is 11.8 Å². The smallest absolute Gasteiger partial charge is 0.326 e. The summed E-state index contributed by atoms with van der Waals surface area (Å²) >= 11 is 0. The quantitative estimate of drug-likeness (QED) is 0.869. The first kappa shape index (κ1) is 17.9. The number of aromatic nitrogens is 1. The van der Waals surface area contributed by atoms with Gasteiger partial charge >= 0.3 is 5.97 Å². The van der Waals surface area contributed by atoms with Crippen LogP contribution in [0.25, 0.3) is 0 Å². The van der Waals surface area contributed by atoms with Gasteiger partial charge in [-0.3, -0.25) is 14.6 Å². The standard InChI is InChI=1S/C20H25N3O4/c24-18-10-14(11-22(18)12-15-6-3-4-8-21-15)19(25)23-16-7-2-1-5-13(16)9-17(23)20(26)27/h3-4,6,8,13-14,16-17H,1-2,5,7,9-12H2,(H,26,27). The van der Waals surface area contributed by atoms with Gasteiger partial charge in [-0.2, -0.15) is 0 Å². The number of nitrogens with zero attached hydrogens (tertiary/aromatic N) is 3. The van der Waals surface area contributed by atoms with Gasteiger partial charge in [-0.05, 0) is 37.3 Å². The molecule has 7 heteroatoms. The lowest BCUT2D eigenvalue weighted by molar-refractivity contribution is -0.151. The number of pyridine rings is 1. The van der Waals surface area contributed by atoms with Gasteiger partial charge in [0.2, 0.25) is 11.8 Å². The molecule has 3 aliphatic rings. The summed E-state index contributed by atoms with van der Waals surface area (Å²) in [4.78, 5) is 44.9. The number of amides is 2. The van der Waals surface area contributed by atoms with E-state index in [1.807, 2.05) is 18.2 Å². The molecule has 4 rings (SSSR count). The fourth-order valence-electron chi connectivity index (χ4n) is 4.99. The van der Waals surface area contributed by atoms with Crippen LogP contribution >= 0.6 is 0 Å². The van der Waals surface area contributed by atoms with Gasteiger partial charge in [0.15, 0.2) is 0 Å². The lowest BCUT2D eigenvalue weighted by Crippen LogP contribution is -2.49. The number of hydrogen-bond donors (Lipinski definition) is 1. The fourth-order valence-corrected chi connectivity index (χ4v) is 4.99. The summed E-state index contributed by atoms with van der Waals surface area (Å²) in [5.41, 5.74) is 0.788. The van der Waals surface area contributed by atoms with Crippen LogP contribution in [-0.2, 0) is 20.9 Å². The zero-order valence-corrected chi connectivity index (χ0v) is 15.3. The Morgan fingerprint density at radius 1 is 1.22 bits per heavy atom. The predicted octanol–water partition coefficient (Wildman–Crippen LogP) is 1.67. The van der Waals surface area contributed by atoms with E-state index in [-0.39, 0.29) is 30.2 Å². The van der Waals surface area contributed by atoms with Gasteiger partial charge in [0.25, 0.3) is 0 Å². The van der Waals surface area contributed by atoms with E-state index in [9.17, 15) is 19.5 Å². The number of aliphatic carboxylic acids is 1. The highest BCUT2D eigenvalue weighted by atomic mass is 16.4. The third-order valence-electron chi connectivity index (χ3n) is 6.27. The van der Waals surface area contributed by atoms with E-state index in [2.05, 4.69) is 4.98 Å². The summed E-state index contributed by atoms with van der Waals surface area (Å²) in [5, 5.41) is 9.64. The number of carboxylic acid groups (broad SMARTS) is 1. The number of likely N-dealkylation sites (tertiary alicyclic amines) is 2. The minimum Gasteiger partial charge on any atom is -0.480 e. The van der Waals surface area contributed by atoms with Crippen LogP contribution in [0.1, 0.15) is 44.2 Å². The summed E-state index contributed by atoms with van der Waals surface area (Å²) in [6.07, 6.45) is 6.40. The number of carbonyl (C=O) groups is 3. The zero-order chi connectivity index (χ0) is 19.0. The highest BCUT2D eigenvalue weighted by molar-refractivity contribution is 5.92. The highest BCUT2D eigenvalue weighted by Crippen LogP contribution is 2.41. The van der Waals surface area contributed by atoms with E-state index >= 15 is 0 Å². The van der Waals surface area contributed by atoms with Crippen molar-refractivity contribution in [2.75, 3.05) is 6.54 Å². The maximum Gasteiger partial charge on any atom is 0.326 e. The molecular weight excluding hydrogens is 346 g/mol. The summed E-state index contributed by atoms with van der Waals surface area (Å²) in [6, 6.07) is 4.83. The van der Waals surface area contributed by atoms with Crippen molar-refractivity contribution in [1.29, 1.82) is 0 Å². The molecule has 1 aromatic rings. The summed E-state index contributed by atoms with van der Waals surface area (Å²) in [6.45, 7) is 0.729. The second-order valence-electron chi connectivity index (χ2n) is 7.94. The van der Waals surface area contributed by atoms with Crippen molar-refractivity contribution in [2.24, 2.45) is 11.8 Å². The normalized spacial score (nSPS) is 30.4. The van der Waals surface area contributed by atoms with Crippen LogP contribution in [0.15, 0.2) is 24.4 Å². The second-order valence-corrected chi connectivity index (χ2v) is 7.94. The third kappa shape index (κ3) is 3.42. The molecule has 1 aromatic heterocycles. The Morgan fingerprint density at radius 2 is 2.04 bits per heavy atom. The molecule has 0 bridgehead atoms. The maximum atomic E-state index is 13.2. The monoisotopic (exact) mass is 371 g/mol. The topological polar surface area (TPSA) is 90.8 Å². The lowest BCUT2D eigenvalue weighted by Gasteiger charge is -2.34. The number of rotatable bonds is 4. The third-order valence-corrected chi connectivity index (χ3v) is 6.27. The molecule has 1 saturated carbocycles. The molecule has 3 fully saturated rings. The van der Waals surface area contributed by atoms with Crippen LogP contribution in [0.4, 0.5) is 0 Å². The van der Waals surface area contributed by atoms with Gasteiger partial charge < -0.3 is 14.9 Å². The van der Waals surface area contributed by atoms with Gasteiger partial charge in [-0.15, -0.1) is 0 Å². The molecule has 0 spiro atoms. The summed E-state index contributed by atoms with van der Waals surface area (Å²) < 4.78 is 0. The van der Waals surface area contributed by atoms with Gasteiger partial charge in [-0.1, -0.05) is 18.9 Å². The van der Waals surface area contributed by atoms with Crippen molar-refractivity contribution < 1.29 is 19.5 Å². The molecule has 2 aliphatic heterocycles. The van der Waals surface area contributed by atoms with Crippen molar-refractivity contribution >= 4 is 17.8 Å². The van der Waals surface area contributed by atoms with Crippen molar-refractivity contribution in [2.45, 2.75) is 57.2 Å². The summed E-state index contributed by atoms with van der Waals surface area (Å²) in [5.74, 6) is -1.32. The van der Waals surface area contributed by atoms with Crippen molar-refractivity contribution in [3.63, 3.8) is 0 Å². The average Bonchev–Trinajstić information content (AvgIpc) is 3.23. The van der Waals surface area contributed by atoms with E-state index < -0.39 is 17.9 Å². The van der Waals surface area contributed by atoms with Crippen LogP contribution in [0.2, 0.25) is 0 Å². The second kappa shape index (κ2) is 7.29. The SMILES string of the molecule is O=C(O)C1CC2CCCCC2N1C(=O)C1CC(=O)N(Cc2ccccn2)C1. The van der Waals surface area contributed by atoms with Gasteiger partial charge in [-0.25, -0.2) is 4.79 Å². The molecule has 1 N–H and O–H groups in total.